The summed E-state index contributed by atoms with van der Waals surface area (Å²) in [6.45, 7) is 8.52. The van der Waals surface area contributed by atoms with E-state index in [-0.39, 0.29) is 0 Å². The van der Waals surface area contributed by atoms with Crippen LogP contribution in [-0.4, -0.2) is 19.5 Å². The Bertz CT molecular complexity index is 618. The smallest absolute Gasteiger partial charge is 0.242 e. The van der Waals surface area contributed by atoms with Crippen molar-refractivity contribution in [3.8, 4) is 5.75 Å². The van der Waals surface area contributed by atoms with Gasteiger partial charge in [-0.3, -0.25) is 9.98 Å². The van der Waals surface area contributed by atoms with E-state index in [1.165, 1.54) is 0 Å². The standard InChI is InChI=1S/C16H20N2OSi/c1-13-8-7-11-17-15(13)12-18-14-9-5-6-10-16(14)19-20(2,3)4/h5-12H,1-4H3/b18-12-. The van der Waals surface area contributed by atoms with Crippen LogP contribution in [-0.2, 0) is 0 Å². The molecular weight excluding hydrogens is 264 g/mol. The Morgan fingerprint density at radius 2 is 1.85 bits per heavy atom. The van der Waals surface area contributed by atoms with Gasteiger partial charge in [-0.05, 0) is 50.3 Å². The lowest BCUT2D eigenvalue weighted by molar-refractivity contribution is 0.559. The van der Waals surface area contributed by atoms with Gasteiger partial charge in [-0.15, -0.1) is 0 Å². The zero-order chi connectivity index (χ0) is 14.6. The van der Waals surface area contributed by atoms with Crippen LogP contribution < -0.4 is 4.43 Å². The van der Waals surface area contributed by atoms with Crippen molar-refractivity contribution in [3.63, 3.8) is 0 Å². The number of nitrogens with zero attached hydrogens (tertiary/aromatic N) is 2. The predicted molar refractivity (Wildman–Crippen MR) is 86.6 cm³/mol. The summed E-state index contributed by atoms with van der Waals surface area (Å²) in [4.78, 5) is 8.85. The minimum Gasteiger partial charge on any atom is -0.543 e. The molecule has 2 rings (SSSR count). The zero-order valence-corrected chi connectivity index (χ0v) is 13.4. The molecule has 2 aromatic rings. The van der Waals surface area contributed by atoms with Gasteiger partial charge in [-0.2, -0.15) is 0 Å². The number of hydrogen-bond donors (Lipinski definition) is 0. The highest BCUT2D eigenvalue weighted by atomic mass is 28.4. The highest BCUT2D eigenvalue weighted by Gasteiger charge is 2.17. The van der Waals surface area contributed by atoms with E-state index >= 15 is 0 Å². The van der Waals surface area contributed by atoms with E-state index in [9.17, 15) is 0 Å². The largest absolute Gasteiger partial charge is 0.543 e. The van der Waals surface area contributed by atoms with Crippen molar-refractivity contribution in [2.45, 2.75) is 26.6 Å². The van der Waals surface area contributed by atoms with Crippen molar-refractivity contribution in [1.29, 1.82) is 0 Å². The molecule has 0 atom stereocenters. The van der Waals surface area contributed by atoms with Gasteiger partial charge in [0.05, 0.1) is 11.9 Å². The second kappa shape index (κ2) is 6.01. The highest BCUT2D eigenvalue weighted by molar-refractivity contribution is 6.70. The van der Waals surface area contributed by atoms with Crippen molar-refractivity contribution < 1.29 is 4.43 Å². The quantitative estimate of drug-likeness (QED) is 0.618. The number of rotatable bonds is 4. The minimum absolute atomic E-state index is 0.844. The summed E-state index contributed by atoms with van der Waals surface area (Å²) in [5.74, 6) is 0.844. The topological polar surface area (TPSA) is 34.5 Å². The van der Waals surface area contributed by atoms with Crippen molar-refractivity contribution in [2.75, 3.05) is 0 Å². The maximum atomic E-state index is 6.06. The van der Waals surface area contributed by atoms with Crippen molar-refractivity contribution >= 4 is 20.2 Å². The molecule has 0 spiro atoms. The predicted octanol–water partition coefficient (Wildman–Crippen LogP) is 4.35. The molecule has 0 saturated carbocycles. The molecule has 4 heteroatoms. The highest BCUT2D eigenvalue weighted by Crippen LogP contribution is 2.29. The average molecular weight is 284 g/mol. The molecule has 0 amide bonds. The Hall–Kier alpha value is -1.94. The molecule has 1 aromatic heterocycles. The molecule has 0 aliphatic carbocycles. The van der Waals surface area contributed by atoms with Crippen LogP contribution in [0.2, 0.25) is 19.6 Å². The third-order valence-electron chi connectivity index (χ3n) is 2.66. The van der Waals surface area contributed by atoms with Gasteiger partial charge < -0.3 is 4.43 Å². The first kappa shape index (κ1) is 14.5. The molecule has 0 bridgehead atoms. The normalized spacial score (nSPS) is 11.8. The molecule has 0 aliphatic rings. The van der Waals surface area contributed by atoms with Crippen LogP contribution in [0.1, 0.15) is 11.3 Å². The van der Waals surface area contributed by atoms with Gasteiger partial charge in [0.2, 0.25) is 8.32 Å². The lowest BCUT2D eigenvalue weighted by Crippen LogP contribution is -2.29. The first-order chi connectivity index (χ1) is 9.46. The molecule has 0 aliphatic heterocycles. The Morgan fingerprint density at radius 3 is 2.55 bits per heavy atom. The minimum atomic E-state index is -1.64. The van der Waals surface area contributed by atoms with E-state index in [1.807, 2.05) is 43.3 Å². The van der Waals surface area contributed by atoms with E-state index in [0.717, 1.165) is 22.7 Å². The Labute approximate surface area is 121 Å². The second-order valence-electron chi connectivity index (χ2n) is 5.65. The lowest BCUT2D eigenvalue weighted by Gasteiger charge is -2.20. The number of pyridine rings is 1. The molecule has 3 nitrogen and oxygen atoms in total. The summed E-state index contributed by atoms with van der Waals surface area (Å²) in [6.07, 6.45) is 3.57. The Kier molecular flexibility index (Phi) is 4.34. The second-order valence-corrected chi connectivity index (χ2v) is 10.1. The monoisotopic (exact) mass is 284 g/mol. The van der Waals surface area contributed by atoms with Crippen LogP contribution in [0.5, 0.6) is 5.75 Å². The summed E-state index contributed by atoms with van der Waals surface area (Å²) < 4.78 is 6.06. The Morgan fingerprint density at radius 1 is 1.10 bits per heavy atom. The van der Waals surface area contributed by atoms with Gasteiger partial charge in [-0.1, -0.05) is 18.2 Å². The number of hydrogen-bond acceptors (Lipinski definition) is 3. The fourth-order valence-electron chi connectivity index (χ4n) is 1.74. The molecule has 1 aromatic carbocycles. The van der Waals surface area contributed by atoms with E-state index < -0.39 is 8.32 Å². The zero-order valence-electron chi connectivity index (χ0n) is 12.4. The molecular formula is C16H20N2OSi. The molecule has 0 saturated heterocycles. The van der Waals surface area contributed by atoms with Gasteiger partial charge in [-0.25, -0.2) is 0 Å². The number of aryl methyl sites for hydroxylation is 1. The molecule has 1 heterocycles. The van der Waals surface area contributed by atoms with E-state index in [0.29, 0.717) is 0 Å². The van der Waals surface area contributed by atoms with E-state index in [2.05, 4.69) is 29.6 Å². The first-order valence-corrected chi connectivity index (χ1v) is 10.1. The summed E-state index contributed by atoms with van der Waals surface area (Å²) >= 11 is 0. The van der Waals surface area contributed by atoms with Crippen LogP contribution in [0.4, 0.5) is 5.69 Å². The van der Waals surface area contributed by atoms with Gasteiger partial charge in [0.15, 0.2) is 0 Å². The van der Waals surface area contributed by atoms with Gasteiger partial charge >= 0.3 is 0 Å². The molecule has 0 unspecified atom stereocenters. The summed E-state index contributed by atoms with van der Waals surface area (Å²) in [5, 5.41) is 0. The number of aromatic nitrogens is 1. The van der Waals surface area contributed by atoms with Crippen molar-refractivity contribution in [2.24, 2.45) is 4.99 Å². The van der Waals surface area contributed by atoms with E-state index in [4.69, 9.17) is 4.43 Å². The summed E-state index contributed by atoms with van der Waals surface area (Å²) in [5.41, 5.74) is 2.84. The van der Waals surface area contributed by atoms with Crippen molar-refractivity contribution in [1.82, 2.24) is 4.98 Å². The average Bonchev–Trinajstić information content (AvgIpc) is 2.37. The fourth-order valence-corrected chi connectivity index (χ4v) is 2.58. The van der Waals surface area contributed by atoms with Gasteiger partial charge in [0.25, 0.3) is 0 Å². The third-order valence-corrected chi connectivity index (χ3v) is 3.49. The fraction of sp³-hybridized carbons (Fsp3) is 0.250. The van der Waals surface area contributed by atoms with Crippen LogP contribution >= 0.6 is 0 Å². The number of aliphatic imine (C=N–C) groups is 1. The molecule has 20 heavy (non-hydrogen) atoms. The number of benzene rings is 1. The molecule has 0 fully saturated rings. The summed E-state index contributed by atoms with van der Waals surface area (Å²) in [7, 11) is -1.64. The van der Waals surface area contributed by atoms with Gasteiger partial charge in [0.1, 0.15) is 11.4 Å². The van der Waals surface area contributed by atoms with Gasteiger partial charge in [0, 0.05) is 6.20 Å². The van der Waals surface area contributed by atoms with Crippen molar-refractivity contribution in [3.05, 3.63) is 53.9 Å². The van der Waals surface area contributed by atoms with Crippen LogP contribution in [0.3, 0.4) is 0 Å². The molecule has 0 radical (unpaired) electrons. The maximum absolute atomic E-state index is 6.06. The Balaban J connectivity index is 2.28. The first-order valence-electron chi connectivity index (χ1n) is 6.69. The third kappa shape index (κ3) is 4.03. The van der Waals surface area contributed by atoms with E-state index in [1.54, 1.807) is 12.4 Å². The lowest BCUT2D eigenvalue weighted by atomic mass is 10.2. The SMILES string of the molecule is Cc1cccnc1/C=N\c1ccccc1O[Si](C)(C)C. The van der Waals surface area contributed by atoms with Crippen LogP contribution in [0.15, 0.2) is 47.6 Å². The molecule has 104 valence electrons. The van der Waals surface area contributed by atoms with Crippen LogP contribution in [0, 0.1) is 6.92 Å². The molecule has 0 N–H and O–H groups in total. The van der Waals surface area contributed by atoms with Crippen LogP contribution in [0.25, 0.3) is 0 Å². The maximum Gasteiger partial charge on any atom is 0.242 e. The summed E-state index contributed by atoms with van der Waals surface area (Å²) in [6, 6.07) is 11.8. The number of para-hydroxylation sites is 2.